The molecular formula is C31H30F2O6. The van der Waals surface area contributed by atoms with Crippen LogP contribution in [0.2, 0.25) is 0 Å². The molecule has 0 N–H and O–H groups in total. The number of hydrogen-bond donors (Lipinski definition) is 0. The number of ether oxygens (including phenoxy) is 5. The summed E-state index contributed by atoms with van der Waals surface area (Å²) in [5.41, 5.74) is 5.30. The molecule has 0 spiro atoms. The van der Waals surface area contributed by atoms with E-state index in [1.807, 2.05) is 12.2 Å². The molecule has 1 fully saturated rings. The number of hydrogen-bond acceptors (Lipinski definition) is 6. The standard InChI is InChI=1S/C31H30F2O6/c1-35-17-28(36-2)30(37-3)20-11-21(32)14-22(12-20)38-15-18-8-9-23-19(10-18)13-25-26(16-39-31(25)34)29(23)24-6-4-5-7-27(24)33/h4-9,11-12,14-15,25,28,30H,10,13,16-17H2,1-3H3/t25?,28-,30+/m1/s1. The second-order valence-corrected chi connectivity index (χ2v) is 9.69. The van der Waals surface area contributed by atoms with Crippen LogP contribution < -0.4 is 4.74 Å². The molecule has 39 heavy (non-hydrogen) atoms. The normalized spacial score (nSPS) is 21.1. The van der Waals surface area contributed by atoms with Crippen LogP contribution in [0.4, 0.5) is 8.78 Å². The molecule has 2 aromatic carbocycles. The molecule has 1 aliphatic heterocycles. The van der Waals surface area contributed by atoms with Crippen molar-refractivity contribution in [1.82, 2.24) is 0 Å². The highest BCUT2D eigenvalue weighted by atomic mass is 19.1. The molecule has 3 atom stereocenters. The minimum absolute atomic E-state index is 0.169. The highest BCUT2D eigenvalue weighted by Gasteiger charge is 2.40. The van der Waals surface area contributed by atoms with Gasteiger partial charge in [-0.15, -0.1) is 0 Å². The van der Waals surface area contributed by atoms with Gasteiger partial charge in [0.2, 0.25) is 0 Å². The Labute approximate surface area is 226 Å². The summed E-state index contributed by atoms with van der Waals surface area (Å²) in [5, 5.41) is 0. The van der Waals surface area contributed by atoms with Gasteiger partial charge in [-0.25, -0.2) is 8.78 Å². The zero-order chi connectivity index (χ0) is 27.5. The zero-order valence-electron chi connectivity index (χ0n) is 22.0. The molecule has 1 heterocycles. The van der Waals surface area contributed by atoms with E-state index in [0.29, 0.717) is 29.7 Å². The number of esters is 1. The third-order valence-electron chi connectivity index (χ3n) is 7.32. The molecule has 6 nitrogen and oxygen atoms in total. The van der Waals surface area contributed by atoms with Gasteiger partial charge in [0.25, 0.3) is 0 Å². The maximum atomic E-state index is 14.8. The number of benzene rings is 2. The first-order valence-corrected chi connectivity index (χ1v) is 12.7. The Balaban J connectivity index is 1.41. The van der Waals surface area contributed by atoms with Crippen molar-refractivity contribution in [2.45, 2.75) is 25.0 Å². The first-order chi connectivity index (χ1) is 18.9. The van der Waals surface area contributed by atoms with Crippen LogP contribution in [-0.4, -0.2) is 46.6 Å². The Morgan fingerprint density at radius 2 is 1.90 bits per heavy atom. The maximum Gasteiger partial charge on any atom is 0.313 e. The Kier molecular flexibility index (Phi) is 8.07. The van der Waals surface area contributed by atoms with Crippen molar-refractivity contribution in [1.29, 1.82) is 0 Å². The largest absolute Gasteiger partial charge is 0.465 e. The van der Waals surface area contributed by atoms with Gasteiger partial charge < -0.3 is 23.7 Å². The second kappa shape index (κ2) is 11.7. The van der Waals surface area contributed by atoms with Crippen molar-refractivity contribution in [3.8, 4) is 5.75 Å². The number of carbonyl (C=O) groups is 1. The summed E-state index contributed by atoms with van der Waals surface area (Å²) in [5.74, 6) is -1.23. The van der Waals surface area contributed by atoms with Crippen LogP contribution in [0.5, 0.6) is 5.75 Å². The van der Waals surface area contributed by atoms with Crippen molar-refractivity contribution in [2.75, 3.05) is 34.5 Å². The van der Waals surface area contributed by atoms with Gasteiger partial charge >= 0.3 is 5.97 Å². The molecule has 1 unspecified atom stereocenters. The number of allylic oxidation sites excluding steroid dienone is 6. The fourth-order valence-corrected chi connectivity index (χ4v) is 5.48. The van der Waals surface area contributed by atoms with Gasteiger partial charge in [0, 0.05) is 33.0 Å². The number of methoxy groups -OCH3 is 3. The van der Waals surface area contributed by atoms with E-state index >= 15 is 0 Å². The van der Waals surface area contributed by atoms with Crippen molar-refractivity contribution in [2.24, 2.45) is 5.92 Å². The predicted molar refractivity (Wildman–Crippen MR) is 141 cm³/mol. The Hall–Kier alpha value is -3.59. The van der Waals surface area contributed by atoms with Crippen LogP contribution in [0.25, 0.3) is 5.57 Å². The van der Waals surface area contributed by atoms with Crippen molar-refractivity contribution in [3.05, 3.63) is 106 Å². The number of cyclic esters (lactones) is 1. The zero-order valence-corrected chi connectivity index (χ0v) is 22.0. The first-order valence-electron chi connectivity index (χ1n) is 12.7. The number of carbonyl (C=O) groups excluding carboxylic acids is 1. The quantitative estimate of drug-likeness (QED) is 0.295. The fourth-order valence-electron chi connectivity index (χ4n) is 5.48. The van der Waals surface area contributed by atoms with Gasteiger partial charge in [-0.1, -0.05) is 35.9 Å². The molecule has 1 saturated heterocycles. The SMILES string of the molecule is COC[C@@H](OC)[C@@H](OC)c1cc(F)cc(OC=C2C=CC3=C(C2)CC2C(=O)OCC2=C3c2ccccc2F)c1. The molecule has 204 valence electrons. The average Bonchev–Trinajstić information content (AvgIpc) is 3.30. The minimum Gasteiger partial charge on any atom is -0.465 e. The lowest BCUT2D eigenvalue weighted by atomic mass is 9.74. The van der Waals surface area contributed by atoms with Gasteiger partial charge in [0.05, 0.1) is 18.8 Å². The molecule has 0 saturated carbocycles. The highest BCUT2D eigenvalue weighted by molar-refractivity contribution is 5.94. The van der Waals surface area contributed by atoms with Crippen LogP contribution in [0.1, 0.15) is 30.1 Å². The van der Waals surface area contributed by atoms with Gasteiger partial charge in [-0.05, 0) is 58.9 Å². The number of rotatable bonds is 9. The van der Waals surface area contributed by atoms with Crippen LogP contribution >= 0.6 is 0 Å². The van der Waals surface area contributed by atoms with E-state index in [0.717, 1.165) is 27.9 Å². The summed E-state index contributed by atoms with van der Waals surface area (Å²) >= 11 is 0. The fraction of sp³-hybridized carbons (Fsp3) is 0.323. The summed E-state index contributed by atoms with van der Waals surface area (Å²) < 4.78 is 56.9. The predicted octanol–water partition coefficient (Wildman–Crippen LogP) is 5.86. The molecule has 3 aliphatic rings. The molecule has 8 heteroatoms. The molecular weight excluding hydrogens is 506 g/mol. The Morgan fingerprint density at radius 1 is 1.08 bits per heavy atom. The molecule has 0 amide bonds. The van der Waals surface area contributed by atoms with E-state index < -0.39 is 23.9 Å². The monoisotopic (exact) mass is 536 g/mol. The lowest BCUT2D eigenvalue weighted by Crippen LogP contribution is -2.27. The van der Waals surface area contributed by atoms with Gasteiger partial charge in [-0.3, -0.25) is 4.79 Å². The number of fused-ring (bicyclic) bond motifs is 1. The third kappa shape index (κ3) is 5.45. The first kappa shape index (κ1) is 27.0. The molecule has 0 aromatic heterocycles. The molecule has 0 bridgehead atoms. The summed E-state index contributed by atoms with van der Waals surface area (Å²) in [6, 6.07) is 10.9. The second-order valence-electron chi connectivity index (χ2n) is 9.69. The number of halogens is 2. The molecule has 2 aliphatic carbocycles. The topological polar surface area (TPSA) is 63.2 Å². The summed E-state index contributed by atoms with van der Waals surface area (Å²) in [6.45, 7) is 0.440. The van der Waals surface area contributed by atoms with E-state index in [1.54, 1.807) is 44.7 Å². The van der Waals surface area contributed by atoms with E-state index in [-0.39, 0.29) is 25.0 Å². The van der Waals surface area contributed by atoms with E-state index in [4.69, 9.17) is 23.7 Å². The van der Waals surface area contributed by atoms with E-state index in [2.05, 4.69) is 0 Å². The van der Waals surface area contributed by atoms with Crippen molar-refractivity contribution >= 4 is 11.5 Å². The third-order valence-corrected chi connectivity index (χ3v) is 7.32. The summed E-state index contributed by atoms with van der Waals surface area (Å²) in [7, 11) is 4.63. The van der Waals surface area contributed by atoms with Gasteiger partial charge in [-0.2, -0.15) is 0 Å². The smallest absolute Gasteiger partial charge is 0.313 e. The summed E-state index contributed by atoms with van der Waals surface area (Å²) in [6.07, 6.45) is 5.40. The van der Waals surface area contributed by atoms with Crippen molar-refractivity contribution < 1.29 is 37.3 Å². The summed E-state index contributed by atoms with van der Waals surface area (Å²) in [4.78, 5) is 12.5. The Morgan fingerprint density at radius 3 is 2.64 bits per heavy atom. The highest BCUT2D eigenvalue weighted by Crippen LogP contribution is 2.47. The van der Waals surface area contributed by atoms with E-state index in [9.17, 15) is 13.6 Å². The molecule has 0 radical (unpaired) electrons. The molecule has 2 aromatic rings. The average molecular weight is 537 g/mol. The maximum absolute atomic E-state index is 14.8. The van der Waals surface area contributed by atoms with Crippen LogP contribution in [-0.2, 0) is 23.7 Å². The van der Waals surface area contributed by atoms with Crippen LogP contribution in [0.15, 0.2) is 83.2 Å². The van der Waals surface area contributed by atoms with E-state index in [1.165, 1.54) is 25.3 Å². The van der Waals surface area contributed by atoms with Gasteiger partial charge in [0.15, 0.2) is 0 Å². The Bertz CT molecular complexity index is 1390. The van der Waals surface area contributed by atoms with Crippen LogP contribution in [0.3, 0.4) is 0 Å². The lowest BCUT2D eigenvalue weighted by Gasteiger charge is -2.28. The van der Waals surface area contributed by atoms with Crippen LogP contribution in [0, 0.1) is 17.6 Å². The van der Waals surface area contributed by atoms with Gasteiger partial charge in [0.1, 0.15) is 36.2 Å². The van der Waals surface area contributed by atoms with Crippen molar-refractivity contribution in [3.63, 3.8) is 0 Å². The minimum atomic E-state index is -0.561. The lowest BCUT2D eigenvalue weighted by molar-refractivity contribution is -0.141. The molecule has 5 rings (SSSR count).